The van der Waals surface area contributed by atoms with E-state index in [1.54, 1.807) is 0 Å². The van der Waals surface area contributed by atoms with Crippen molar-refractivity contribution in [3.05, 3.63) is 58.6 Å². The van der Waals surface area contributed by atoms with Crippen molar-refractivity contribution in [3.63, 3.8) is 0 Å². The van der Waals surface area contributed by atoms with E-state index in [9.17, 15) is 37.3 Å². The summed E-state index contributed by atoms with van der Waals surface area (Å²) in [7, 11) is -4.07. The number of hydrogen-bond acceptors (Lipinski definition) is 6. The maximum absolute atomic E-state index is 13.4. The van der Waals surface area contributed by atoms with Crippen LogP contribution >= 0.6 is 11.6 Å². The fourth-order valence-corrected chi connectivity index (χ4v) is 7.35. The van der Waals surface area contributed by atoms with Crippen LogP contribution < -0.4 is 5.32 Å². The van der Waals surface area contributed by atoms with Gasteiger partial charge in [0.2, 0.25) is 0 Å². The molecule has 4 rings (SSSR count). The van der Waals surface area contributed by atoms with E-state index < -0.39 is 62.8 Å². The lowest BCUT2D eigenvalue weighted by molar-refractivity contribution is -0.106. The molecule has 0 saturated heterocycles. The van der Waals surface area contributed by atoms with Crippen LogP contribution in [0.15, 0.2) is 41.3 Å². The Labute approximate surface area is 193 Å². The molecule has 1 amide bonds. The molecule has 2 aromatic carbocycles. The quantitative estimate of drug-likeness (QED) is 0.499. The molecule has 7 nitrogen and oxygen atoms in total. The SMILES string of the molecule is O=C(Nc1ccc(F)c(F)c1)c1ccc(Cl)c(S(=O)(=O)[C@@H]2C[C@H]3C[C@H](O)[C@@H](C2)[C@@]3(O)CO)c1. The predicted octanol–water partition coefficient (Wildman–Crippen LogP) is 2.53. The number of nitrogens with one attached hydrogen (secondary N) is 1. The number of benzene rings is 2. The summed E-state index contributed by atoms with van der Waals surface area (Å²) in [5.74, 6) is -4.38. The van der Waals surface area contributed by atoms with Gasteiger partial charge in [-0.3, -0.25) is 4.79 Å². The van der Waals surface area contributed by atoms with E-state index in [2.05, 4.69) is 5.32 Å². The van der Waals surface area contributed by atoms with Crippen LogP contribution in [-0.4, -0.2) is 53.2 Å². The van der Waals surface area contributed by atoms with Crippen molar-refractivity contribution in [2.24, 2.45) is 11.8 Å². The Balaban J connectivity index is 1.61. The van der Waals surface area contributed by atoms with Crippen LogP contribution in [0.5, 0.6) is 0 Å². The van der Waals surface area contributed by atoms with Crippen molar-refractivity contribution in [2.75, 3.05) is 11.9 Å². The molecule has 178 valence electrons. The summed E-state index contributed by atoms with van der Waals surface area (Å²) in [6, 6.07) is 6.47. The van der Waals surface area contributed by atoms with E-state index >= 15 is 0 Å². The molecule has 11 heteroatoms. The van der Waals surface area contributed by atoms with Crippen LogP contribution in [-0.2, 0) is 9.84 Å². The highest BCUT2D eigenvalue weighted by atomic mass is 35.5. The maximum atomic E-state index is 13.4. The molecule has 0 heterocycles. The van der Waals surface area contributed by atoms with Crippen LogP contribution in [0.1, 0.15) is 29.6 Å². The summed E-state index contributed by atoms with van der Waals surface area (Å²) in [6.07, 6.45) is -0.804. The number of fused-ring (bicyclic) bond motifs is 2. The third kappa shape index (κ3) is 4.15. The number of sulfone groups is 1. The van der Waals surface area contributed by atoms with E-state index in [-0.39, 0.29) is 40.4 Å². The number of rotatable bonds is 5. The van der Waals surface area contributed by atoms with Crippen molar-refractivity contribution < 1.29 is 37.3 Å². The number of aliphatic hydroxyl groups is 3. The summed E-state index contributed by atoms with van der Waals surface area (Å²) in [5, 5.41) is 31.9. The van der Waals surface area contributed by atoms with Gasteiger partial charge < -0.3 is 20.6 Å². The van der Waals surface area contributed by atoms with E-state index in [1.165, 1.54) is 12.1 Å². The van der Waals surface area contributed by atoms with Gasteiger partial charge in [-0.05, 0) is 55.5 Å². The van der Waals surface area contributed by atoms with Gasteiger partial charge in [0.1, 0.15) is 0 Å². The molecule has 2 saturated carbocycles. The molecule has 2 aliphatic carbocycles. The second-order valence-corrected chi connectivity index (χ2v) is 11.2. The molecule has 2 aliphatic rings. The van der Waals surface area contributed by atoms with Crippen LogP contribution in [0.25, 0.3) is 0 Å². The van der Waals surface area contributed by atoms with Crippen LogP contribution in [0.2, 0.25) is 5.02 Å². The first-order valence-corrected chi connectivity index (χ1v) is 12.2. The summed E-state index contributed by atoms with van der Waals surface area (Å²) in [6.45, 7) is -0.577. The van der Waals surface area contributed by atoms with E-state index in [4.69, 9.17) is 11.6 Å². The van der Waals surface area contributed by atoms with E-state index in [0.29, 0.717) is 0 Å². The molecule has 5 atom stereocenters. The smallest absolute Gasteiger partial charge is 0.255 e. The highest BCUT2D eigenvalue weighted by Crippen LogP contribution is 2.52. The molecule has 2 aromatic rings. The second-order valence-electron chi connectivity index (χ2n) is 8.62. The lowest BCUT2D eigenvalue weighted by Crippen LogP contribution is -2.51. The molecule has 2 fully saturated rings. The molecule has 0 aliphatic heterocycles. The molecule has 0 unspecified atom stereocenters. The largest absolute Gasteiger partial charge is 0.393 e. The van der Waals surface area contributed by atoms with Gasteiger partial charge in [-0.2, -0.15) is 0 Å². The Kier molecular flexibility index (Phi) is 6.25. The normalized spacial score (nSPS) is 29.2. The van der Waals surface area contributed by atoms with Gasteiger partial charge in [-0.15, -0.1) is 0 Å². The van der Waals surface area contributed by atoms with Crippen molar-refractivity contribution >= 4 is 33.0 Å². The molecule has 0 spiro atoms. The average Bonchev–Trinajstić information content (AvgIpc) is 2.89. The van der Waals surface area contributed by atoms with Crippen LogP contribution in [0.3, 0.4) is 0 Å². The number of carbonyl (C=O) groups is 1. The lowest BCUT2D eigenvalue weighted by Gasteiger charge is -2.41. The van der Waals surface area contributed by atoms with E-state index in [0.717, 1.165) is 24.3 Å². The number of halogens is 3. The van der Waals surface area contributed by atoms with Gasteiger partial charge in [0.25, 0.3) is 5.91 Å². The van der Waals surface area contributed by atoms with E-state index in [1.807, 2.05) is 0 Å². The summed E-state index contributed by atoms with van der Waals surface area (Å²) >= 11 is 6.16. The second kappa shape index (κ2) is 8.59. The zero-order chi connectivity index (χ0) is 24.1. The number of amides is 1. The lowest BCUT2D eigenvalue weighted by atomic mass is 9.74. The maximum Gasteiger partial charge on any atom is 0.255 e. The molecule has 0 radical (unpaired) electrons. The molecular weight excluding hydrogens is 480 g/mol. The van der Waals surface area contributed by atoms with Gasteiger partial charge in [0.05, 0.1) is 33.5 Å². The molecule has 0 aromatic heterocycles. The molecule has 4 N–H and O–H groups in total. The standard InChI is InChI=1S/C22H22ClF2NO6S/c23-16-3-1-11(21(29)26-13-2-4-17(24)18(25)8-13)5-20(16)33(31,32)14-6-12-7-19(28)15(9-14)22(12,30)10-27/h1-5,8,12,14-15,19,27-28,30H,6-7,9-10H2,(H,26,29)/t12-,14+,15+,19-,22+/m0/s1. The zero-order valence-corrected chi connectivity index (χ0v) is 18.8. The Bertz CT molecular complexity index is 1210. The monoisotopic (exact) mass is 501 g/mol. The number of hydrogen-bond donors (Lipinski definition) is 4. The summed E-state index contributed by atoms with van der Waals surface area (Å²) < 4.78 is 53.3. The van der Waals surface area contributed by atoms with Crippen LogP contribution in [0, 0.1) is 23.5 Å². The minimum atomic E-state index is -4.07. The van der Waals surface area contributed by atoms with Crippen molar-refractivity contribution in [3.8, 4) is 0 Å². The average molecular weight is 502 g/mol. The van der Waals surface area contributed by atoms with Crippen molar-refractivity contribution in [2.45, 2.75) is 41.1 Å². The van der Waals surface area contributed by atoms with Gasteiger partial charge in [0, 0.05) is 23.2 Å². The Morgan fingerprint density at radius 2 is 1.85 bits per heavy atom. The third-order valence-corrected chi connectivity index (χ3v) is 9.43. The third-order valence-electron chi connectivity index (χ3n) is 6.77. The van der Waals surface area contributed by atoms with Gasteiger partial charge in [0.15, 0.2) is 21.5 Å². The molecule has 33 heavy (non-hydrogen) atoms. The minimum absolute atomic E-state index is 0.0145. The van der Waals surface area contributed by atoms with Gasteiger partial charge in [-0.25, -0.2) is 17.2 Å². The van der Waals surface area contributed by atoms with Gasteiger partial charge >= 0.3 is 0 Å². The molecular formula is C22H22ClF2NO6S. The fraction of sp³-hybridized carbons (Fsp3) is 0.409. The zero-order valence-electron chi connectivity index (χ0n) is 17.2. The molecule has 2 bridgehead atoms. The van der Waals surface area contributed by atoms with Crippen molar-refractivity contribution in [1.29, 1.82) is 0 Å². The highest BCUT2D eigenvalue weighted by molar-refractivity contribution is 7.92. The first-order chi connectivity index (χ1) is 15.5. The first kappa shape index (κ1) is 24.0. The Hall–Kier alpha value is -2.11. The van der Waals surface area contributed by atoms with Gasteiger partial charge in [-0.1, -0.05) is 11.6 Å². The fourth-order valence-electron chi connectivity index (χ4n) is 4.97. The minimum Gasteiger partial charge on any atom is -0.393 e. The topological polar surface area (TPSA) is 124 Å². The summed E-state index contributed by atoms with van der Waals surface area (Å²) in [4.78, 5) is 12.3. The first-order valence-electron chi connectivity index (χ1n) is 10.3. The number of carbonyl (C=O) groups excluding carboxylic acids is 1. The number of anilines is 1. The summed E-state index contributed by atoms with van der Waals surface area (Å²) in [5.41, 5.74) is -1.62. The van der Waals surface area contributed by atoms with Crippen LogP contribution in [0.4, 0.5) is 14.5 Å². The number of aliphatic hydroxyl groups excluding tert-OH is 2. The Morgan fingerprint density at radius 1 is 1.12 bits per heavy atom. The highest BCUT2D eigenvalue weighted by Gasteiger charge is 2.59. The van der Waals surface area contributed by atoms with Crippen molar-refractivity contribution in [1.82, 2.24) is 0 Å². The Morgan fingerprint density at radius 3 is 2.48 bits per heavy atom. The predicted molar refractivity (Wildman–Crippen MR) is 116 cm³/mol.